The van der Waals surface area contributed by atoms with E-state index in [9.17, 15) is 4.79 Å². The van der Waals surface area contributed by atoms with Gasteiger partial charge in [0.15, 0.2) is 12.4 Å². The topological polar surface area (TPSA) is 89.1 Å². The molecule has 8 heteroatoms. The summed E-state index contributed by atoms with van der Waals surface area (Å²) in [6.07, 6.45) is 0. The number of benzene rings is 2. The minimum absolute atomic E-state index is 0.158. The number of hydrogen-bond acceptors (Lipinski definition) is 5. The van der Waals surface area contributed by atoms with E-state index in [1.807, 2.05) is 31.2 Å². The van der Waals surface area contributed by atoms with Crippen molar-refractivity contribution >= 4 is 23.5 Å². The number of nitrogens with zero attached hydrogens (tertiary/aromatic N) is 2. The van der Waals surface area contributed by atoms with E-state index < -0.39 is 0 Å². The molecule has 0 saturated heterocycles. The first-order chi connectivity index (χ1) is 12.5. The highest BCUT2D eigenvalue weighted by Crippen LogP contribution is 2.22. The van der Waals surface area contributed by atoms with Crippen LogP contribution in [-0.4, -0.2) is 34.8 Å². The zero-order chi connectivity index (χ0) is 18.5. The fraction of sp³-hybridized carbons (Fsp3) is 0.167. The highest BCUT2D eigenvalue weighted by atomic mass is 35.5. The number of hydrogen-bond donors (Lipinski definition) is 2. The molecule has 0 bridgehead atoms. The maximum Gasteiger partial charge on any atom is 0.264 e. The molecule has 2 N–H and O–H groups in total. The first-order valence-electron chi connectivity index (χ1n) is 7.81. The molecule has 0 aliphatic rings. The van der Waals surface area contributed by atoms with Crippen LogP contribution in [0.5, 0.6) is 11.5 Å². The van der Waals surface area contributed by atoms with E-state index in [2.05, 4.69) is 20.5 Å². The number of aryl methyl sites for hydroxylation is 1. The molecule has 0 unspecified atom stereocenters. The molecule has 0 atom stereocenters. The molecule has 3 rings (SSSR count). The maximum absolute atomic E-state index is 12.0. The summed E-state index contributed by atoms with van der Waals surface area (Å²) in [6, 6.07) is 12.5. The molecule has 1 heterocycles. The summed E-state index contributed by atoms with van der Waals surface area (Å²) in [6.45, 7) is 1.70. The predicted octanol–water partition coefficient (Wildman–Crippen LogP) is 3.46. The zero-order valence-electron chi connectivity index (χ0n) is 14.2. The van der Waals surface area contributed by atoms with Gasteiger partial charge in [-0.05, 0) is 55.0 Å². The van der Waals surface area contributed by atoms with Crippen molar-refractivity contribution in [3.8, 4) is 22.9 Å². The van der Waals surface area contributed by atoms with Gasteiger partial charge in [0.05, 0.1) is 7.11 Å². The third-order valence-corrected chi connectivity index (χ3v) is 3.83. The number of nitrogens with one attached hydrogen (secondary N) is 2. The van der Waals surface area contributed by atoms with Gasteiger partial charge in [0.2, 0.25) is 5.95 Å². The minimum atomic E-state index is -0.361. The van der Waals surface area contributed by atoms with Crippen LogP contribution in [0.1, 0.15) is 5.56 Å². The average Bonchev–Trinajstić information content (AvgIpc) is 3.09. The Morgan fingerprint density at radius 3 is 2.69 bits per heavy atom. The van der Waals surface area contributed by atoms with E-state index in [4.69, 9.17) is 21.1 Å². The number of amides is 1. The quantitative estimate of drug-likeness (QED) is 0.691. The van der Waals surface area contributed by atoms with Crippen LogP contribution in [0.3, 0.4) is 0 Å². The Bertz CT molecular complexity index is 909. The lowest BCUT2D eigenvalue weighted by atomic mass is 10.2. The molecule has 3 aromatic rings. The van der Waals surface area contributed by atoms with Gasteiger partial charge in [0.25, 0.3) is 5.91 Å². The summed E-state index contributed by atoms with van der Waals surface area (Å²) in [5.41, 5.74) is 1.68. The second-order valence-electron chi connectivity index (χ2n) is 5.48. The standard InChI is InChI=1S/C18H17ClN4O3/c1-11-9-13(19)5-8-15(11)26-10-16(24)20-18-21-17(22-23-18)12-3-6-14(25-2)7-4-12/h3-9H,10H2,1-2H3,(H2,20,21,22,23,24). The van der Waals surface area contributed by atoms with Gasteiger partial charge in [0.1, 0.15) is 11.5 Å². The molecule has 2 aromatic carbocycles. The molecule has 1 amide bonds. The van der Waals surface area contributed by atoms with E-state index in [0.717, 1.165) is 16.9 Å². The third kappa shape index (κ3) is 4.31. The lowest BCUT2D eigenvalue weighted by Gasteiger charge is -2.08. The Morgan fingerprint density at radius 2 is 2.00 bits per heavy atom. The van der Waals surface area contributed by atoms with E-state index >= 15 is 0 Å². The van der Waals surface area contributed by atoms with Crippen molar-refractivity contribution < 1.29 is 14.3 Å². The molecule has 0 fully saturated rings. The maximum atomic E-state index is 12.0. The number of ether oxygens (including phenoxy) is 2. The number of aromatic amines is 1. The van der Waals surface area contributed by atoms with Crippen molar-refractivity contribution in [2.75, 3.05) is 19.0 Å². The van der Waals surface area contributed by atoms with Crippen LogP contribution in [0.2, 0.25) is 5.02 Å². The van der Waals surface area contributed by atoms with E-state index in [1.54, 1.807) is 25.3 Å². The molecule has 7 nitrogen and oxygen atoms in total. The summed E-state index contributed by atoms with van der Waals surface area (Å²) in [5, 5.41) is 9.97. The number of H-pyrrole nitrogens is 1. The van der Waals surface area contributed by atoms with Crippen LogP contribution in [0.15, 0.2) is 42.5 Å². The smallest absolute Gasteiger partial charge is 0.264 e. The number of rotatable bonds is 6. The number of halogens is 1. The first-order valence-corrected chi connectivity index (χ1v) is 8.18. The zero-order valence-corrected chi connectivity index (χ0v) is 15.0. The van der Waals surface area contributed by atoms with Gasteiger partial charge in [0, 0.05) is 10.6 Å². The van der Waals surface area contributed by atoms with Crippen LogP contribution < -0.4 is 14.8 Å². The van der Waals surface area contributed by atoms with Crippen LogP contribution in [0.25, 0.3) is 11.4 Å². The van der Waals surface area contributed by atoms with Crippen molar-refractivity contribution in [1.82, 2.24) is 15.2 Å². The minimum Gasteiger partial charge on any atom is -0.497 e. The van der Waals surface area contributed by atoms with Gasteiger partial charge in [-0.3, -0.25) is 15.2 Å². The fourth-order valence-corrected chi connectivity index (χ4v) is 2.50. The fourth-order valence-electron chi connectivity index (χ4n) is 2.27. The summed E-state index contributed by atoms with van der Waals surface area (Å²) < 4.78 is 10.6. The number of carbonyl (C=O) groups excluding carboxylic acids is 1. The molecule has 1 aromatic heterocycles. The van der Waals surface area contributed by atoms with E-state index in [-0.39, 0.29) is 18.5 Å². The number of carbonyl (C=O) groups is 1. The van der Waals surface area contributed by atoms with Crippen molar-refractivity contribution in [2.45, 2.75) is 6.92 Å². The normalized spacial score (nSPS) is 10.4. The third-order valence-electron chi connectivity index (χ3n) is 3.60. The lowest BCUT2D eigenvalue weighted by Crippen LogP contribution is -2.21. The van der Waals surface area contributed by atoms with Crippen molar-refractivity contribution in [3.05, 3.63) is 53.1 Å². The van der Waals surface area contributed by atoms with E-state index in [1.165, 1.54) is 0 Å². The largest absolute Gasteiger partial charge is 0.497 e. The second-order valence-corrected chi connectivity index (χ2v) is 5.92. The van der Waals surface area contributed by atoms with Gasteiger partial charge in [-0.15, -0.1) is 5.10 Å². The van der Waals surface area contributed by atoms with Crippen molar-refractivity contribution in [2.24, 2.45) is 0 Å². The summed E-state index contributed by atoms with van der Waals surface area (Å²) in [7, 11) is 1.60. The molecule has 0 aliphatic heterocycles. The SMILES string of the molecule is COc1ccc(-c2nc(NC(=O)COc3ccc(Cl)cc3C)n[nH]2)cc1. The van der Waals surface area contributed by atoms with Crippen molar-refractivity contribution in [3.63, 3.8) is 0 Å². The molecular weight excluding hydrogens is 356 g/mol. The summed E-state index contributed by atoms with van der Waals surface area (Å²) in [5.74, 6) is 1.70. The lowest BCUT2D eigenvalue weighted by molar-refractivity contribution is -0.118. The Balaban J connectivity index is 1.58. The Kier molecular flexibility index (Phi) is 5.38. The van der Waals surface area contributed by atoms with Gasteiger partial charge >= 0.3 is 0 Å². The van der Waals surface area contributed by atoms with Gasteiger partial charge in [-0.1, -0.05) is 11.6 Å². The molecule has 26 heavy (non-hydrogen) atoms. The average molecular weight is 373 g/mol. The summed E-state index contributed by atoms with van der Waals surface area (Å²) in [4.78, 5) is 16.3. The van der Waals surface area contributed by atoms with Crippen molar-refractivity contribution in [1.29, 1.82) is 0 Å². The van der Waals surface area contributed by atoms with E-state index in [0.29, 0.717) is 16.6 Å². The predicted molar refractivity (Wildman–Crippen MR) is 98.7 cm³/mol. The van der Waals surface area contributed by atoms with Gasteiger partial charge in [-0.25, -0.2) is 0 Å². The van der Waals surface area contributed by atoms with Crippen LogP contribution in [0, 0.1) is 6.92 Å². The number of methoxy groups -OCH3 is 1. The van der Waals surface area contributed by atoms with Gasteiger partial charge in [-0.2, -0.15) is 4.98 Å². The monoisotopic (exact) mass is 372 g/mol. The molecule has 0 spiro atoms. The highest BCUT2D eigenvalue weighted by Gasteiger charge is 2.10. The molecule has 0 radical (unpaired) electrons. The Morgan fingerprint density at radius 1 is 1.23 bits per heavy atom. The van der Waals surface area contributed by atoms with Crippen LogP contribution >= 0.6 is 11.6 Å². The summed E-state index contributed by atoms with van der Waals surface area (Å²) >= 11 is 5.89. The second kappa shape index (κ2) is 7.88. The van der Waals surface area contributed by atoms with Crippen LogP contribution in [-0.2, 0) is 4.79 Å². The Hall–Kier alpha value is -3.06. The Labute approximate surface area is 155 Å². The van der Waals surface area contributed by atoms with Gasteiger partial charge < -0.3 is 9.47 Å². The molecular formula is C18H17ClN4O3. The number of aromatic nitrogens is 3. The molecule has 0 saturated carbocycles. The number of anilines is 1. The van der Waals surface area contributed by atoms with Crippen LogP contribution in [0.4, 0.5) is 5.95 Å². The molecule has 0 aliphatic carbocycles. The molecule has 134 valence electrons. The first kappa shape index (κ1) is 17.8. The highest BCUT2D eigenvalue weighted by molar-refractivity contribution is 6.30.